The van der Waals surface area contributed by atoms with E-state index in [0.717, 1.165) is 16.4 Å². The van der Waals surface area contributed by atoms with Crippen molar-refractivity contribution in [3.63, 3.8) is 0 Å². The third kappa shape index (κ3) is 3.22. The van der Waals surface area contributed by atoms with E-state index in [9.17, 15) is 0 Å². The van der Waals surface area contributed by atoms with Crippen LogP contribution in [0.1, 0.15) is 27.9 Å². The van der Waals surface area contributed by atoms with Crippen molar-refractivity contribution in [2.24, 2.45) is 12.1 Å². The fraction of sp³-hybridized carbons (Fsp3) is 0.217. The number of hydrazone groups is 1. The van der Waals surface area contributed by atoms with Gasteiger partial charge in [-0.1, -0.05) is 35.9 Å². The van der Waals surface area contributed by atoms with Crippen LogP contribution in [-0.2, 0) is 7.05 Å². The smallest absolute Gasteiger partial charge is 0.203 e. The molecule has 0 bridgehead atoms. The van der Waals surface area contributed by atoms with Crippen LogP contribution < -0.4 is 5.43 Å². The molecule has 0 aliphatic rings. The zero-order valence-electron chi connectivity index (χ0n) is 16.9. The molecule has 0 saturated heterocycles. The van der Waals surface area contributed by atoms with Crippen molar-refractivity contribution in [2.45, 2.75) is 27.7 Å². The number of nitrogens with zero attached hydrogens (tertiary/aromatic N) is 3. The average Bonchev–Trinajstić information content (AvgIpc) is 3.20. The molecule has 0 spiro atoms. The highest BCUT2D eigenvalue weighted by atomic mass is 32.1. The molecule has 0 atom stereocenters. The van der Waals surface area contributed by atoms with E-state index in [1.54, 1.807) is 11.3 Å². The normalized spacial score (nSPS) is 11.6. The average molecular weight is 389 g/mol. The number of thiazole rings is 1. The topological polar surface area (TPSA) is 42.2 Å². The van der Waals surface area contributed by atoms with Crippen LogP contribution in [0.15, 0.2) is 46.9 Å². The minimum absolute atomic E-state index is 0.795. The van der Waals surface area contributed by atoms with Gasteiger partial charge in [0.2, 0.25) is 5.13 Å². The first kappa shape index (κ1) is 18.4. The number of aryl methyl sites for hydroxylation is 4. The van der Waals surface area contributed by atoms with Gasteiger partial charge in [0.25, 0.3) is 0 Å². The highest BCUT2D eigenvalue weighted by Crippen LogP contribution is 2.31. The molecule has 4 aromatic rings. The predicted molar refractivity (Wildman–Crippen MR) is 121 cm³/mol. The van der Waals surface area contributed by atoms with Crippen LogP contribution in [-0.4, -0.2) is 15.8 Å². The summed E-state index contributed by atoms with van der Waals surface area (Å²) in [6.07, 6.45) is 1.89. The third-order valence-electron chi connectivity index (χ3n) is 5.24. The van der Waals surface area contributed by atoms with Gasteiger partial charge in [0, 0.05) is 40.2 Å². The quantitative estimate of drug-likeness (QED) is 0.345. The number of hydrogen-bond donors (Lipinski definition) is 1. The number of para-hydroxylation sites is 1. The molecule has 2 aromatic heterocycles. The largest absolute Gasteiger partial charge is 0.347 e. The summed E-state index contributed by atoms with van der Waals surface area (Å²) in [4.78, 5) is 4.74. The van der Waals surface area contributed by atoms with Gasteiger partial charge in [0.1, 0.15) is 0 Å². The van der Waals surface area contributed by atoms with Crippen molar-refractivity contribution in [2.75, 3.05) is 5.43 Å². The van der Waals surface area contributed by atoms with E-state index in [1.165, 1.54) is 38.9 Å². The maximum atomic E-state index is 4.74. The molecule has 0 unspecified atom stereocenters. The Kier molecular flexibility index (Phi) is 4.77. The Morgan fingerprint density at radius 1 is 1.07 bits per heavy atom. The van der Waals surface area contributed by atoms with Crippen LogP contribution in [0.4, 0.5) is 5.13 Å². The van der Waals surface area contributed by atoms with Crippen LogP contribution in [0.25, 0.3) is 22.2 Å². The lowest BCUT2D eigenvalue weighted by Gasteiger charge is -2.08. The number of anilines is 1. The van der Waals surface area contributed by atoms with E-state index in [4.69, 9.17) is 4.98 Å². The predicted octanol–water partition coefficient (Wildman–Crippen LogP) is 5.98. The van der Waals surface area contributed by atoms with Crippen LogP contribution in [0, 0.1) is 27.7 Å². The lowest BCUT2D eigenvalue weighted by molar-refractivity contribution is 0.916. The van der Waals surface area contributed by atoms with E-state index < -0.39 is 0 Å². The lowest BCUT2D eigenvalue weighted by atomic mass is 9.98. The SMILES string of the molecule is Cc1cc(C)c(-c2csc(N/N=C\c3c(C)n(C)c4ccccc34)n2)c(C)c1. The standard InChI is InChI=1S/C23H24N4S/c1-14-10-15(2)22(16(3)11-14)20-13-28-23(25-20)26-24-12-19-17(4)27(5)21-9-7-6-8-18(19)21/h6-13H,1-5H3,(H,25,26)/b24-12-. The molecule has 1 N–H and O–H groups in total. The van der Waals surface area contributed by atoms with E-state index in [1.807, 2.05) is 6.21 Å². The Labute approximate surface area is 169 Å². The number of rotatable bonds is 4. The molecule has 2 aromatic carbocycles. The summed E-state index contributed by atoms with van der Waals surface area (Å²) in [5, 5.41) is 8.55. The van der Waals surface area contributed by atoms with Crippen molar-refractivity contribution in [3.8, 4) is 11.3 Å². The first-order chi connectivity index (χ1) is 13.5. The minimum Gasteiger partial charge on any atom is -0.347 e. The minimum atomic E-state index is 0.795. The van der Waals surface area contributed by atoms with Crippen LogP contribution in [0.2, 0.25) is 0 Å². The highest BCUT2D eigenvalue weighted by Gasteiger charge is 2.11. The van der Waals surface area contributed by atoms with Crippen LogP contribution in [0.3, 0.4) is 0 Å². The Morgan fingerprint density at radius 2 is 1.79 bits per heavy atom. The molecular weight excluding hydrogens is 364 g/mol. The molecule has 4 nitrogen and oxygen atoms in total. The summed E-state index contributed by atoms with van der Waals surface area (Å²) in [7, 11) is 2.09. The first-order valence-corrected chi connectivity index (χ1v) is 10.2. The molecule has 0 amide bonds. The Balaban J connectivity index is 1.59. The summed E-state index contributed by atoms with van der Waals surface area (Å²) in [6, 6.07) is 12.8. The molecular formula is C23H24N4S. The molecule has 0 fully saturated rings. The number of nitrogens with one attached hydrogen (secondary N) is 1. The van der Waals surface area contributed by atoms with Gasteiger partial charge in [-0.2, -0.15) is 5.10 Å². The lowest BCUT2D eigenvalue weighted by Crippen LogP contribution is -1.94. The van der Waals surface area contributed by atoms with E-state index in [0.29, 0.717) is 0 Å². The third-order valence-corrected chi connectivity index (χ3v) is 5.99. The molecule has 0 saturated carbocycles. The second-order valence-corrected chi connectivity index (χ2v) is 8.11. The summed E-state index contributed by atoms with van der Waals surface area (Å²) in [5.41, 5.74) is 12.6. The van der Waals surface area contributed by atoms with Crippen molar-refractivity contribution >= 4 is 33.6 Å². The second kappa shape index (κ2) is 7.24. The number of hydrogen-bond acceptors (Lipinski definition) is 4. The Morgan fingerprint density at radius 3 is 2.54 bits per heavy atom. The highest BCUT2D eigenvalue weighted by molar-refractivity contribution is 7.14. The fourth-order valence-corrected chi connectivity index (χ4v) is 4.54. The molecule has 0 aliphatic carbocycles. The van der Waals surface area contributed by atoms with Gasteiger partial charge in [-0.05, 0) is 44.9 Å². The first-order valence-electron chi connectivity index (χ1n) is 9.32. The molecule has 4 rings (SSSR count). The van der Waals surface area contributed by atoms with Gasteiger partial charge in [-0.25, -0.2) is 4.98 Å². The zero-order valence-corrected chi connectivity index (χ0v) is 17.7. The van der Waals surface area contributed by atoms with Gasteiger partial charge in [-0.3, -0.25) is 5.43 Å². The monoisotopic (exact) mass is 388 g/mol. The second-order valence-electron chi connectivity index (χ2n) is 7.26. The van der Waals surface area contributed by atoms with Crippen molar-refractivity contribution < 1.29 is 0 Å². The molecule has 0 aliphatic heterocycles. The van der Waals surface area contributed by atoms with Crippen molar-refractivity contribution in [3.05, 3.63) is 69.7 Å². The Hall–Kier alpha value is -2.92. The number of aromatic nitrogens is 2. The van der Waals surface area contributed by atoms with E-state index in [2.05, 4.69) is 91.6 Å². The van der Waals surface area contributed by atoms with Gasteiger partial charge >= 0.3 is 0 Å². The van der Waals surface area contributed by atoms with Gasteiger partial charge in [0.15, 0.2) is 0 Å². The molecule has 142 valence electrons. The fourth-order valence-electron chi connectivity index (χ4n) is 3.89. The maximum absolute atomic E-state index is 4.74. The number of benzene rings is 2. The van der Waals surface area contributed by atoms with Crippen LogP contribution >= 0.6 is 11.3 Å². The van der Waals surface area contributed by atoms with Gasteiger partial charge < -0.3 is 4.57 Å². The molecule has 2 heterocycles. The molecule has 0 radical (unpaired) electrons. The van der Waals surface area contributed by atoms with E-state index in [-0.39, 0.29) is 0 Å². The van der Waals surface area contributed by atoms with Gasteiger partial charge in [-0.15, -0.1) is 11.3 Å². The van der Waals surface area contributed by atoms with Gasteiger partial charge in [0.05, 0.1) is 11.9 Å². The zero-order chi connectivity index (χ0) is 19.8. The molecule has 28 heavy (non-hydrogen) atoms. The number of fused-ring (bicyclic) bond motifs is 1. The van der Waals surface area contributed by atoms with Crippen LogP contribution in [0.5, 0.6) is 0 Å². The van der Waals surface area contributed by atoms with E-state index >= 15 is 0 Å². The maximum Gasteiger partial charge on any atom is 0.203 e. The van der Waals surface area contributed by atoms with Crippen molar-refractivity contribution in [1.82, 2.24) is 9.55 Å². The summed E-state index contributed by atoms with van der Waals surface area (Å²) in [6.45, 7) is 8.53. The Bertz CT molecular complexity index is 1170. The summed E-state index contributed by atoms with van der Waals surface area (Å²) in [5.74, 6) is 0. The molecule has 5 heteroatoms. The van der Waals surface area contributed by atoms with Crippen molar-refractivity contribution in [1.29, 1.82) is 0 Å². The summed E-state index contributed by atoms with van der Waals surface area (Å²) < 4.78 is 2.20. The summed E-state index contributed by atoms with van der Waals surface area (Å²) >= 11 is 1.57.